The number of halogens is 1. The zero-order valence-electron chi connectivity index (χ0n) is 21.6. The predicted octanol–water partition coefficient (Wildman–Crippen LogP) is 1.99. The lowest BCUT2D eigenvalue weighted by atomic mass is 10.0. The van der Waals surface area contributed by atoms with Crippen LogP contribution in [-0.4, -0.2) is 59.1 Å². The van der Waals surface area contributed by atoms with Crippen LogP contribution in [-0.2, 0) is 19.2 Å². The van der Waals surface area contributed by atoms with Gasteiger partial charge < -0.3 is 26.6 Å². The second-order valence-corrected chi connectivity index (χ2v) is 9.69. The van der Waals surface area contributed by atoms with Crippen LogP contribution in [0.1, 0.15) is 57.8 Å². The lowest BCUT2D eigenvalue weighted by Gasteiger charge is -2.24. The molecule has 5 N–H and O–H groups in total. The molecule has 1 unspecified atom stereocenters. The summed E-state index contributed by atoms with van der Waals surface area (Å²) in [6.07, 6.45) is 1.17. The van der Waals surface area contributed by atoms with Crippen molar-refractivity contribution in [2.24, 2.45) is 11.8 Å². The van der Waals surface area contributed by atoms with E-state index in [4.69, 9.17) is 0 Å². The molecule has 1 aromatic rings. The van der Waals surface area contributed by atoms with Crippen molar-refractivity contribution in [3.05, 3.63) is 29.8 Å². The summed E-state index contributed by atoms with van der Waals surface area (Å²) in [5.74, 6) is -1.67. The van der Waals surface area contributed by atoms with E-state index < -0.39 is 18.0 Å². The van der Waals surface area contributed by atoms with Crippen molar-refractivity contribution in [2.45, 2.75) is 59.5 Å². The van der Waals surface area contributed by atoms with Gasteiger partial charge >= 0.3 is 0 Å². The predicted molar refractivity (Wildman–Crippen MR) is 148 cm³/mol. The molecule has 11 heteroatoms. The highest BCUT2D eigenvalue weighted by atomic mass is 127. The van der Waals surface area contributed by atoms with Crippen molar-refractivity contribution in [1.29, 1.82) is 0 Å². The second kappa shape index (κ2) is 16.1. The number of rotatable bonds is 14. The van der Waals surface area contributed by atoms with Crippen LogP contribution in [0.25, 0.3) is 0 Å². The number of anilines is 1. The van der Waals surface area contributed by atoms with Crippen LogP contribution < -0.4 is 26.6 Å². The number of carbonyl (C=O) groups excluding carboxylic acids is 5. The van der Waals surface area contributed by atoms with E-state index in [1.165, 1.54) is 0 Å². The van der Waals surface area contributed by atoms with Gasteiger partial charge in [-0.05, 0) is 49.9 Å². The van der Waals surface area contributed by atoms with Crippen molar-refractivity contribution in [3.8, 4) is 0 Å². The molecule has 36 heavy (non-hydrogen) atoms. The summed E-state index contributed by atoms with van der Waals surface area (Å²) in [6, 6.07) is 5.07. The fourth-order valence-corrected chi connectivity index (χ4v) is 3.22. The highest BCUT2D eigenvalue weighted by Gasteiger charge is 2.27. The Morgan fingerprint density at radius 2 is 1.44 bits per heavy atom. The summed E-state index contributed by atoms with van der Waals surface area (Å²) >= 11 is 1.97. The molecule has 0 aliphatic rings. The molecule has 0 saturated heterocycles. The van der Waals surface area contributed by atoms with Gasteiger partial charge in [-0.25, -0.2) is 0 Å². The first-order chi connectivity index (χ1) is 17.0. The Hall–Kier alpha value is -2.70. The minimum atomic E-state index is -0.757. The van der Waals surface area contributed by atoms with Crippen LogP contribution in [0.3, 0.4) is 0 Å². The van der Waals surface area contributed by atoms with Gasteiger partial charge in [-0.1, -0.05) is 50.3 Å². The van der Waals surface area contributed by atoms with E-state index in [-0.39, 0.29) is 35.5 Å². The number of hydrogen-bond donors (Lipinski definition) is 5. The van der Waals surface area contributed by atoms with Crippen molar-refractivity contribution in [1.82, 2.24) is 21.3 Å². The van der Waals surface area contributed by atoms with Gasteiger partial charge in [0.25, 0.3) is 5.91 Å². The number of amides is 5. The van der Waals surface area contributed by atoms with Crippen LogP contribution in [0.15, 0.2) is 24.3 Å². The number of nitrogens with one attached hydrogen (secondary N) is 5. The molecule has 1 rings (SSSR count). The summed E-state index contributed by atoms with van der Waals surface area (Å²) in [5, 5.41) is 13.7. The molecule has 0 aliphatic heterocycles. The maximum absolute atomic E-state index is 12.6. The van der Waals surface area contributed by atoms with Gasteiger partial charge in [0.1, 0.15) is 12.1 Å². The van der Waals surface area contributed by atoms with Crippen LogP contribution in [0.2, 0.25) is 0 Å². The first-order valence-electron chi connectivity index (χ1n) is 12.1. The average molecular weight is 616 g/mol. The fraction of sp³-hybridized carbons (Fsp3) is 0.560. The summed E-state index contributed by atoms with van der Waals surface area (Å²) in [7, 11) is 0. The van der Waals surface area contributed by atoms with Crippen molar-refractivity contribution in [2.75, 3.05) is 22.8 Å². The van der Waals surface area contributed by atoms with Crippen molar-refractivity contribution >= 4 is 57.8 Å². The van der Waals surface area contributed by atoms with E-state index in [9.17, 15) is 24.0 Å². The Kier molecular flexibility index (Phi) is 14.0. The Balaban J connectivity index is 2.44. The van der Waals surface area contributed by atoms with Gasteiger partial charge in [-0.2, -0.15) is 0 Å². The Morgan fingerprint density at radius 3 is 2.00 bits per heavy atom. The summed E-state index contributed by atoms with van der Waals surface area (Å²) in [6.45, 7) is 9.59. The molecule has 3 atom stereocenters. The smallest absolute Gasteiger partial charge is 0.251 e. The molecule has 0 aromatic heterocycles. The summed E-state index contributed by atoms with van der Waals surface area (Å²) < 4.78 is 0.344. The minimum absolute atomic E-state index is 0.114. The highest BCUT2D eigenvalue weighted by Crippen LogP contribution is 2.10. The van der Waals surface area contributed by atoms with E-state index in [2.05, 4.69) is 26.6 Å². The normalized spacial score (nSPS) is 13.2. The largest absolute Gasteiger partial charge is 0.354 e. The van der Waals surface area contributed by atoms with Crippen molar-refractivity contribution < 1.29 is 24.0 Å². The maximum atomic E-state index is 12.6. The quantitative estimate of drug-likeness (QED) is 0.124. The molecule has 10 nitrogen and oxygen atoms in total. The Labute approximate surface area is 226 Å². The maximum Gasteiger partial charge on any atom is 0.251 e. The van der Waals surface area contributed by atoms with Gasteiger partial charge in [0, 0.05) is 30.3 Å². The van der Waals surface area contributed by atoms with Gasteiger partial charge in [-0.3, -0.25) is 24.0 Å². The minimum Gasteiger partial charge on any atom is -0.354 e. The third-order valence-corrected chi connectivity index (χ3v) is 6.24. The Bertz CT molecular complexity index is 907. The second-order valence-electron chi connectivity index (χ2n) is 8.93. The summed E-state index contributed by atoms with van der Waals surface area (Å²) in [5.41, 5.74) is 1.08. The number of hydrogen-bond acceptors (Lipinski definition) is 5. The van der Waals surface area contributed by atoms with Gasteiger partial charge in [0.05, 0.1) is 4.43 Å². The molecule has 200 valence electrons. The average Bonchev–Trinajstić information content (AvgIpc) is 2.85. The monoisotopic (exact) mass is 615 g/mol. The molecule has 0 aliphatic carbocycles. The van der Waals surface area contributed by atoms with E-state index in [1.807, 2.05) is 43.4 Å². The van der Waals surface area contributed by atoms with Gasteiger partial charge in [-0.15, -0.1) is 0 Å². The first-order valence-corrected chi connectivity index (χ1v) is 13.6. The molecule has 5 amide bonds. The molecular formula is C25H38IN5O5. The molecule has 0 radical (unpaired) electrons. The number of benzene rings is 1. The molecule has 0 fully saturated rings. The SMILES string of the molecule is CCC(C)C(=O)N[C@H](C)C(=O)N[C@@H](C(=O)NCCCNC(=O)c1ccc(NC(=O)CI)cc1)C(C)C. The van der Waals surface area contributed by atoms with Crippen LogP contribution in [0.5, 0.6) is 0 Å². The number of carbonyl (C=O) groups is 5. The molecule has 0 saturated carbocycles. The zero-order valence-corrected chi connectivity index (χ0v) is 23.7. The van der Waals surface area contributed by atoms with Gasteiger partial charge in [0.15, 0.2) is 0 Å². The lowest BCUT2D eigenvalue weighted by molar-refractivity contribution is -0.133. The molecular weight excluding hydrogens is 577 g/mol. The van der Waals surface area contributed by atoms with Gasteiger partial charge in [0.2, 0.25) is 23.6 Å². The molecule has 0 heterocycles. The van der Waals surface area contributed by atoms with Crippen LogP contribution in [0, 0.1) is 11.8 Å². The molecule has 0 bridgehead atoms. The van der Waals surface area contributed by atoms with E-state index >= 15 is 0 Å². The topological polar surface area (TPSA) is 146 Å². The zero-order chi connectivity index (χ0) is 27.3. The Morgan fingerprint density at radius 1 is 0.833 bits per heavy atom. The number of alkyl halides is 1. The standard InChI is InChI=1S/C25H38IN5O5/c1-6-16(4)22(33)29-17(5)23(34)31-21(15(2)3)25(36)28-13-7-12-27-24(35)18-8-10-19(11-9-18)30-20(32)14-26/h8-11,15-17,21H,6-7,12-14H2,1-5H3,(H,27,35)(H,28,36)(H,29,33)(H,30,32)(H,31,34)/t16?,17-,21-/m1/s1. The van der Waals surface area contributed by atoms with Crippen LogP contribution in [0.4, 0.5) is 5.69 Å². The first kappa shape index (κ1) is 31.3. The summed E-state index contributed by atoms with van der Waals surface area (Å²) in [4.78, 5) is 60.9. The highest BCUT2D eigenvalue weighted by molar-refractivity contribution is 14.1. The van der Waals surface area contributed by atoms with E-state index in [0.717, 1.165) is 0 Å². The molecule has 0 spiro atoms. The van der Waals surface area contributed by atoms with E-state index in [1.54, 1.807) is 38.1 Å². The van der Waals surface area contributed by atoms with Crippen molar-refractivity contribution in [3.63, 3.8) is 0 Å². The van der Waals surface area contributed by atoms with E-state index in [0.29, 0.717) is 41.6 Å². The lowest BCUT2D eigenvalue weighted by Crippen LogP contribution is -2.55. The van der Waals surface area contributed by atoms with Crippen LogP contribution >= 0.6 is 22.6 Å². The third kappa shape index (κ3) is 10.9. The third-order valence-electron chi connectivity index (χ3n) is 5.55. The molecule has 1 aromatic carbocycles. The fourth-order valence-electron chi connectivity index (χ4n) is 3.03.